The molecule has 5 rings (SSSR count). The number of aromatic amines is 1. The highest BCUT2D eigenvalue weighted by molar-refractivity contribution is 6.32. The number of fused-ring (bicyclic) bond motifs is 3. The first-order valence-electron chi connectivity index (χ1n) is 12.0. The average molecular weight is 587 g/mol. The van der Waals surface area contributed by atoms with Gasteiger partial charge in [0.1, 0.15) is 11.6 Å². The van der Waals surface area contributed by atoms with Crippen molar-refractivity contribution in [2.45, 2.75) is 25.9 Å². The predicted molar refractivity (Wildman–Crippen MR) is 138 cm³/mol. The van der Waals surface area contributed by atoms with Crippen LogP contribution in [-0.2, 0) is 4.79 Å². The predicted octanol–water partition coefficient (Wildman–Crippen LogP) is 6.08. The number of aromatic nitrogens is 3. The molecule has 4 aromatic rings. The summed E-state index contributed by atoms with van der Waals surface area (Å²) in [5, 5.41) is 24.4. The summed E-state index contributed by atoms with van der Waals surface area (Å²) in [7, 11) is 2.07. The van der Waals surface area contributed by atoms with E-state index in [9.17, 15) is 18.3 Å². The summed E-state index contributed by atoms with van der Waals surface area (Å²) in [5.74, 6) is -4.00. The van der Waals surface area contributed by atoms with Gasteiger partial charge < -0.3 is 19.8 Å². The molecule has 0 amide bonds. The summed E-state index contributed by atoms with van der Waals surface area (Å²) in [6.45, 7) is 3.96. The molecular formula is C26H24ClF5N4O4. The van der Waals surface area contributed by atoms with Gasteiger partial charge in [0.2, 0.25) is 0 Å². The van der Waals surface area contributed by atoms with E-state index in [1.165, 1.54) is 12.1 Å². The van der Waals surface area contributed by atoms with Crippen LogP contribution in [0.25, 0.3) is 33.1 Å². The molecule has 1 aliphatic heterocycles. The van der Waals surface area contributed by atoms with E-state index in [0.717, 1.165) is 32.0 Å². The number of ether oxygens (including phenoxy) is 1. The molecule has 8 nitrogen and oxygen atoms in total. The van der Waals surface area contributed by atoms with Crippen molar-refractivity contribution >= 4 is 39.4 Å². The van der Waals surface area contributed by atoms with Gasteiger partial charge in [0.25, 0.3) is 0 Å². The van der Waals surface area contributed by atoms with Gasteiger partial charge in [0.05, 0.1) is 28.4 Å². The number of H-pyrrole nitrogens is 1. The van der Waals surface area contributed by atoms with Gasteiger partial charge in [-0.1, -0.05) is 11.6 Å². The number of aromatic hydroxyl groups is 1. The molecule has 0 atom stereocenters. The molecule has 3 heterocycles. The van der Waals surface area contributed by atoms with Gasteiger partial charge in [0, 0.05) is 22.4 Å². The lowest BCUT2D eigenvalue weighted by Crippen LogP contribution is -2.32. The van der Waals surface area contributed by atoms with Crippen LogP contribution < -0.4 is 4.74 Å². The van der Waals surface area contributed by atoms with Crippen molar-refractivity contribution in [2.75, 3.05) is 26.7 Å². The number of aliphatic carboxylic acids is 1. The number of phenols is 1. The average Bonchev–Trinajstić information content (AvgIpc) is 3.27. The first-order valence-corrected chi connectivity index (χ1v) is 12.4. The first-order chi connectivity index (χ1) is 18.8. The largest absolute Gasteiger partial charge is 0.506 e. The van der Waals surface area contributed by atoms with E-state index in [1.54, 1.807) is 13.0 Å². The number of piperidine rings is 1. The highest BCUT2D eigenvalue weighted by Gasteiger charge is 2.38. The van der Waals surface area contributed by atoms with Crippen LogP contribution in [0.5, 0.6) is 11.5 Å². The lowest BCUT2D eigenvalue weighted by molar-refractivity contribution is -0.192. The van der Waals surface area contributed by atoms with Crippen LogP contribution in [0.1, 0.15) is 18.5 Å². The molecule has 40 heavy (non-hydrogen) atoms. The van der Waals surface area contributed by atoms with Gasteiger partial charge in [-0.15, -0.1) is 0 Å². The Kier molecular flexibility index (Phi) is 8.36. The van der Waals surface area contributed by atoms with Gasteiger partial charge in [0.15, 0.2) is 17.2 Å². The minimum absolute atomic E-state index is 0.0119. The zero-order valence-electron chi connectivity index (χ0n) is 21.2. The summed E-state index contributed by atoms with van der Waals surface area (Å²) >= 11 is 6.07. The second kappa shape index (κ2) is 11.4. The van der Waals surface area contributed by atoms with Crippen LogP contribution in [0.4, 0.5) is 22.0 Å². The maximum atomic E-state index is 15.9. The molecule has 3 N–H and O–H groups in total. The Morgan fingerprint density at radius 1 is 1.18 bits per heavy atom. The van der Waals surface area contributed by atoms with Gasteiger partial charge in [-0.25, -0.2) is 18.6 Å². The molecule has 1 saturated heterocycles. The second-order valence-corrected chi connectivity index (χ2v) is 9.85. The summed E-state index contributed by atoms with van der Waals surface area (Å²) in [5.41, 5.74) is 1.46. The fourth-order valence-electron chi connectivity index (χ4n) is 4.44. The molecule has 2 aromatic carbocycles. The van der Waals surface area contributed by atoms with Crippen LogP contribution in [0.15, 0.2) is 24.3 Å². The van der Waals surface area contributed by atoms with Gasteiger partial charge in [-0.3, -0.25) is 5.10 Å². The van der Waals surface area contributed by atoms with E-state index in [-0.39, 0.29) is 33.0 Å². The van der Waals surface area contributed by atoms with Crippen molar-refractivity contribution in [3.8, 4) is 22.8 Å². The molecule has 0 aliphatic carbocycles. The molecule has 0 radical (unpaired) electrons. The van der Waals surface area contributed by atoms with E-state index in [1.807, 2.05) is 0 Å². The number of carboxylic acids is 1. The number of nitrogens with zero attached hydrogens (tertiary/aromatic N) is 3. The van der Waals surface area contributed by atoms with Crippen LogP contribution in [0.3, 0.4) is 0 Å². The van der Waals surface area contributed by atoms with E-state index in [4.69, 9.17) is 26.2 Å². The smallest absolute Gasteiger partial charge is 0.490 e. The zero-order chi connectivity index (χ0) is 29.4. The van der Waals surface area contributed by atoms with Crippen molar-refractivity contribution in [3.63, 3.8) is 0 Å². The van der Waals surface area contributed by atoms with Crippen LogP contribution in [-0.4, -0.2) is 69.2 Å². The van der Waals surface area contributed by atoms with E-state index < -0.39 is 23.8 Å². The van der Waals surface area contributed by atoms with Crippen molar-refractivity contribution in [2.24, 2.45) is 5.92 Å². The summed E-state index contributed by atoms with van der Waals surface area (Å²) in [6.07, 6.45) is -3.18. The number of nitrogens with one attached hydrogen (secondary N) is 1. The lowest BCUT2D eigenvalue weighted by atomic mass is 9.98. The Morgan fingerprint density at radius 2 is 1.82 bits per heavy atom. The highest BCUT2D eigenvalue weighted by atomic mass is 35.5. The minimum Gasteiger partial charge on any atom is -0.506 e. The number of likely N-dealkylation sites (tertiary alicyclic amines) is 1. The number of hydrogen-bond acceptors (Lipinski definition) is 6. The van der Waals surface area contributed by atoms with Gasteiger partial charge in [-0.05, 0) is 64.0 Å². The molecule has 0 spiro atoms. The molecular weight excluding hydrogens is 563 g/mol. The number of rotatable bonds is 4. The minimum atomic E-state index is -5.08. The molecule has 0 unspecified atom stereocenters. The molecule has 0 bridgehead atoms. The van der Waals surface area contributed by atoms with E-state index in [2.05, 4.69) is 27.1 Å². The summed E-state index contributed by atoms with van der Waals surface area (Å²) < 4.78 is 68.9. The third kappa shape index (κ3) is 6.04. The SMILES string of the molecule is Cc1n[nH]c2nc(-c3ccc(O)c(Cl)c3)c3c(F)cc(OCC4CCN(C)CC4)c(F)c3c12.O=C(O)C(F)(F)F. The number of alkyl halides is 3. The van der Waals surface area contributed by atoms with Crippen molar-refractivity contribution < 1.29 is 41.7 Å². The standard InChI is InChI=1S/C24H23ClF2N4O2.C2HF3O2/c1-12-19-21-20(23(28-24(19)30-29-12)14-3-4-17(32)15(25)9-14)16(26)10-18(22(21)27)33-11-13-5-7-31(2)8-6-13;3-2(4,5)1(6)7/h3-4,9-10,13,32H,5-8,11H2,1-2H3,(H,28,29,30);(H,6,7). The Bertz CT molecular complexity index is 1570. The number of aryl methyl sites for hydroxylation is 1. The molecule has 214 valence electrons. The fourth-order valence-corrected chi connectivity index (χ4v) is 4.62. The Labute approximate surface area is 229 Å². The number of carbonyl (C=O) groups is 1. The highest BCUT2D eigenvalue weighted by Crippen LogP contribution is 2.41. The quantitative estimate of drug-likeness (QED) is 0.249. The monoisotopic (exact) mass is 586 g/mol. The second-order valence-electron chi connectivity index (χ2n) is 9.44. The lowest BCUT2D eigenvalue weighted by Gasteiger charge is -2.28. The number of pyridine rings is 1. The van der Waals surface area contributed by atoms with Crippen molar-refractivity contribution in [1.29, 1.82) is 0 Å². The third-order valence-corrected chi connectivity index (χ3v) is 6.90. The van der Waals surface area contributed by atoms with Crippen molar-refractivity contribution in [1.82, 2.24) is 20.1 Å². The Balaban J connectivity index is 0.000000470. The molecule has 2 aromatic heterocycles. The number of benzene rings is 2. The van der Waals surface area contributed by atoms with Gasteiger partial charge >= 0.3 is 12.1 Å². The first kappa shape index (κ1) is 29.3. The topological polar surface area (TPSA) is 112 Å². The summed E-state index contributed by atoms with van der Waals surface area (Å²) in [4.78, 5) is 15.7. The van der Waals surface area contributed by atoms with Crippen LogP contribution >= 0.6 is 11.6 Å². The molecule has 1 aliphatic rings. The number of phenolic OH excluding ortho intramolecular Hbond substituents is 1. The van der Waals surface area contributed by atoms with E-state index in [0.29, 0.717) is 34.8 Å². The maximum Gasteiger partial charge on any atom is 0.490 e. The zero-order valence-corrected chi connectivity index (χ0v) is 22.0. The normalized spacial score (nSPS) is 14.8. The Morgan fingerprint density at radius 3 is 2.42 bits per heavy atom. The van der Waals surface area contributed by atoms with Crippen LogP contribution in [0, 0.1) is 24.5 Å². The molecule has 1 fully saturated rings. The van der Waals surface area contributed by atoms with Crippen molar-refractivity contribution in [3.05, 3.63) is 46.6 Å². The fraction of sp³-hybridized carbons (Fsp3) is 0.346. The van der Waals surface area contributed by atoms with E-state index >= 15 is 8.78 Å². The number of halogens is 6. The maximum absolute atomic E-state index is 15.9. The Hall–Kier alpha value is -3.71. The summed E-state index contributed by atoms with van der Waals surface area (Å²) in [6, 6.07) is 5.50. The molecule has 0 saturated carbocycles. The molecule has 14 heteroatoms. The number of hydrogen-bond donors (Lipinski definition) is 3. The van der Waals surface area contributed by atoms with Gasteiger partial charge in [-0.2, -0.15) is 18.3 Å². The van der Waals surface area contributed by atoms with Crippen LogP contribution in [0.2, 0.25) is 5.02 Å². The third-order valence-electron chi connectivity index (χ3n) is 6.60. The number of carboxylic acid groups (broad SMARTS) is 1.